The van der Waals surface area contributed by atoms with Gasteiger partial charge in [0.1, 0.15) is 17.6 Å². The summed E-state index contributed by atoms with van der Waals surface area (Å²) >= 11 is 0. The Hall–Kier alpha value is -2.93. The summed E-state index contributed by atoms with van der Waals surface area (Å²) in [4.78, 5) is 29.7. The first-order valence-electron chi connectivity index (χ1n) is 5.91. The van der Waals surface area contributed by atoms with E-state index in [2.05, 4.69) is 14.7 Å². The number of aliphatic hydroxyl groups is 1. The van der Waals surface area contributed by atoms with Gasteiger partial charge in [0, 0.05) is 6.54 Å². The number of ether oxygens (including phenoxy) is 1. The molecule has 0 fully saturated rings. The number of carbonyl (C=O) groups is 2. The van der Waals surface area contributed by atoms with Gasteiger partial charge in [0.2, 0.25) is 0 Å². The van der Waals surface area contributed by atoms with E-state index in [0.29, 0.717) is 0 Å². The van der Waals surface area contributed by atoms with Gasteiger partial charge in [-0.2, -0.15) is 10.3 Å². The molecule has 0 unspecified atom stereocenters. The Bertz CT molecular complexity index is 600. The number of carbonyl (C=O) groups excluding carboxylic acids is 2. The van der Waals surface area contributed by atoms with E-state index in [1.807, 2.05) is 5.32 Å². The lowest BCUT2D eigenvalue weighted by atomic mass is 10.3. The van der Waals surface area contributed by atoms with E-state index in [-0.39, 0.29) is 37.0 Å². The first-order valence-corrected chi connectivity index (χ1v) is 5.91. The van der Waals surface area contributed by atoms with Crippen molar-refractivity contribution in [3.05, 3.63) is 12.0 Å². The normalized spacial score (nSPS) is 10.8. The molecule has 4 N–H and O–H groups in total. The fourth-order valence-electron chi connectivity index (χ4n) is 1.38. The molecule has 0 bridgehead atoms. The minimum atomic E-state index is -1.07. The monoisotopic (exact) mass is 294 g/mol. The van der Waals surface area contributed by atoms with Gasteiger partial charge in [-0.05, 0) is 6.92 Å². The number of nitrogens with two attached hydrogens (primary N) is 1. The number of nitrogen functional groups attached to an aromatic ring is 1. The van der Waals surface area contributed by atoms with E-state index in [9.17, 15) is 9.59 Å². The summed E-state index contributed by atoms with van der Waals surface area (Å²) in [5, 5.41) is 19.6. The molecule has 21 heavy (non-hydrogen) atoms. The number of anilines is 1. The van der Waals surface area contributed by atoms with Gasteiger partial charge in [0.25, 0.3) is 0 Å². The van der Waals surface area contributed by atoms with Crippen LogP contribution in [0.1, 0.15) is 12.6 Å². The van der Waals surface area contributed by atoms with Crippen LogP contribution < -0.4 is 11.1 Å². The third-order valence-corrected chi connectivity index (χ3v) is 2.25. The van der Waals surface area contributed by atoms with Gasteiger partial charge < -0.3 is 20.1 Å². The zero-order valence-corrected chi connectivity index (χ0v) is 11.2. The van der Waals surface area contributed by atoms with Crippen LogP contribution in [0, 0.1) is 11.3 Å². The molecule has 0 saturated carbocycles. The zero-order chi connectivity index (χ0) is 15.8. The second-order valence-electron chi connectivity index (χ2n) is 3.62. The van der Waals surface area contributed by atoms with Gasteiger partial charge in [-0.25, -0.2) is 19.9 Å². The molecular formula is C11H14N6O4. The summed E-state index contributed by atoms with van der Waals surface area (Å²) in [6.45, 7) is 1.68. The van der Waals surface area contributed by atoms with Crippen LogP contribution in [0.25, 0.3) is 0 Å². The van der Waals surface area contributed by atoms with Crippen LogP contribution in [0.15, 0.2) is 11.3 Å². The third-order valence-electron chi connectivity index (χ3n) is 2.25. The summed E-state index contributed by atoms with van der Waals surface area (Å²) in [5.74, 6) is 0.0771. The van der Waals surface area contributed by atoms with Crippen molar-refractivity contribution >= 4 is 23.7 Å². The minimum absolute atomic E-state index is 0.00930. The number of hydrogen-bond donors (Lipinski definition) is 3. The van der Waals surface area contributed by atoms with E-state index in [1.54, 1.807) is 13.0 Å². The SMILES string of the molecule is CCOC(=O)NC(=O)/N=C(\C#N)c1ncn(CCO)c1N. The lowest BCUT2D eigenvalue weighted by molar-refractivity contribution is 0.153. The standard InChI is InChI=1S/C11H14N6O4/c1-2-21-11(20)16-10(19)15-7(5-12)8-9(13)17(3-4-18)6-14-8/h6,18H,2-4,13H2,1H3,(H,16,19,20)/b15-7+. The molecule has 0 radical (unpaired) electrons. The highest BCUT2D eigenvalue weighted by Crippen LogP contribution is 2.11. The molecule has 0 aliphatic carbocycles. The predicted molar refractivity (Wildman–Crippen MR) is 71.4 cm³/mol. The van der Waals surface area contributed by atoms with Gasteiger partial charge in [-0.1, -0.05) is 0 Å². The Morgan fingerprint density at radius 2 is 2.38 bits per heavy atom. The maximum atomic E-state index is 11.4. The van der Waals surface area contributed by atoms with E-state index >= 15 is 0 Å². The molecule has 112 valence electrons. The van der Waals surface area contributed by atoms with Gasteiger partial charge in [-0.15, -0.1) is 0 Å². The maximum absolute atomic E-state index is 11.4. The summed E-state index contributed by atoms with van der Waals surface area (Å²) in [5.41, 5.74) is 5.36. The molecule has 10 heteroatoms. The molecule has 0 aromatic carbocycles. The number of aliphatic hydroxyl groups excluding tert-OH is 1. The number of imide groups is 1. The minimum Gasteiger partial charge on any atom is -0.450 e. The van der Waals surface area contributed by atoms with Gasteiger partial charge in [0.05, 0.1) is 19.5 Å². The summed E-state index contributed by atoms with van der Waals surface area (Å²) in [7, 11) is 0. The van der Waals surface area contributed by atoms with Crippen LogP contribution >= 0.6 is 0 Å². The lowest BCUT2D eigenvalue weighted by Gasteiger charge is -2.02. The number of nitrogens with one attached hydrogen (secondary N) is 1. The average Bonchev–Trinajstić information content (AvgIpc) is 2.78. The molecule has 1 rings (SSSR count). The van der Waals surface area contributed by atoms with E-state index < -0.39 is 12.1 Å². The number of imidazole rings is 1. The smallest absolute Gasteiger partial charge is 0.415 e. The van der Waals surface area contributed by atoms with Gasteiger partial charge in [-0.3, -0.25) is 0 Å². The molecule has 0 saturated heterocycles. The number of nitriles is 1. The number of aromatic nitrogens is 2. The predicted octanol–water partition coefficient (Wildman–Crippen LogP) is -0.364. The topological polar surface area (TPSA) is 156 Å². The fraction of sp³-hybridized carbons (Fsp3) is 0.364. The highest BCUT2D eigenvalue weighted by atomic mass is 16.5. The Balaban J connectivity index is 2.92. The number of rotatable bonds is 4. The zero-order valence-electron chi connectivity index (χ0n) is 11.2. The molecule has 1 aromatic rings. The van der Waals surface area contributed by atoms with Crippen molar-refractivity contribution < 1.29 is 19.4 Å². The van der Waals surface area contributed by atoms with Crippen LogP contribution in [-0.4, -0.2) is 45.7 Å². The van der Waals surface area contributed by atoms with E-state index in [1.165, 1.54) is 10.9 Å². The Morgan fingerprint density at radius 1 is 1.67 bits per heavy atom. The molecular weight excluding hydrogens is 280 g/mol. The second-order valence-corrected chi connectivity index (χ2v) is 3.62. The van der Waals surface area contributed by atoms with Crippen LogP contribution in [-0.2, 0) is 11.3 Å². The first-order chi connectivity index (χ1) is 10.0. The molecule has 0 aliphatic heterocycles. The fourth-order valence-corrected chi connectivity index (χ4v) is 1.38. The Morgan fingerprint density at radius 3 is 2.95 bits per heavy atom. The van der Waals surface area contributed by atoms with Crippen molar-refractivity contribution in [3.8, 4) is 6.07 Å². The number of alkyl carbamates (subject to hydrolysis) is 1. The van der Waals surface area contributed by atoms with Crippen LogP contribution in [0.5, 0.6) is 0 Å². The van der Waals surface area contributed by atoms with Crippen molar-refractivity contribution in [1.29, 1.82) is 5.26 Å². The average molecular weight is 294 g/mol. The maximum Gasteiger partial charge on any atom is 0.415 e. The van der Waals surface area contributed by atoms with Crippen molar-refractivity contribution in [2.24, 2.45) is 4.99 Å². The Kier molecular flexibility index (Phi) is 5.84. The number of hydrogen-bond acceptors (Lipinski definition) is 7. The quantitative estimate of drug-likeness (QED) is 0.640. The molecule has 1 aromatic heterocycles. The summed E-state index contributed by atoms with van der Waals surface area (Å²) in [6.07, 6.45) is 0.333. The number of amides is 3. The molecule has 3 amide bonds. The summed E-state index contributed by atoms with van der Waals surface area (Å²) < 4.78 is 5.89. The second kappa shape index (κ2) is 7.61. The number of urea groups is 1. The lowest BCUT2D eigenvalue weighted by Crippen LogP contribution is -2.29. The third kappa shape index (κ3) is 4.29. The summed E-state index contributed by atoms with van der Waals surface area (Å²) in [6, 6.07) is 0.601. The number of nitrogens with zero attached hydrogens (tertiary/aromatic N) is 4. The highest BCUT2D eigenvalue weighted by molar-refractivity contribution is 6.17. The molecule has 10 nitrogen and oxygen atoms in total. The van der Waals surface area contributed by atoms with Crippen molar-refractivity contribution in [1.82, 2.24) is 14.9 Å². The molecule has 0 atom stereocenters. The van der Waals surface area contributed by atoms with Crippen molar-refractivity contribution in [3.63, 3.8) is 0 Å². The molecule has 0 spiro atoms. The van der Waals surface area contributed by atoms with Gasteiger partial charge in [0.15, 0.2) is 5.71 Å². The van der Waals surface area contributed by atoms with Crippen molar-refractivity contribution in [2.75, 3.05) is 18.9 Å². The van der Waals surface area contributed by atoms with E-state index in [4.69, 9.17) is 16.1 Å². The van der Waals surface area contributed by atoms with Crippen LogP contribution in [0.4, 0.5) is 15.4 Å². The van der Waals surface area contributed by atoms with Gasteiger partial charge >= 0.3 is 12.1 Å². The van der Waals surface area contributed by atoms with Crippen molar-refractivity contribution in [2.45, 2.75) is 13.5 Å². The largest absolute Gasteiger partial charge is 0.450 e. The van der Waals surface area contributed by atoms with E-state index in [0.717, 1.165) is 0 Å². The first kappa shape index (κ1) is 16.1. The molecule has 0 aliphatic rings. The Labute approximate surface area is 119 Å². The molecule has 1 heterocycles. The van der Waals surface area contributed by atoms with Crippen LogP contribution in [0.2, 0.25) is 0 Å². The van der Waals surface area contributed by atoms with Crippen LogP contribution in [0.3, 0.4) is 0 Å². The number of aliphatic imine (C=N–C) groups is 1. The highest BCUT2D eigenvalue weighted by Gasteiger charge is 2.16.